The Morgan fingerprint density at radius 3 is 2.82 bits per heavy atom. The van der Waals surface area contributed by atoms with Crippen molar-refractivity contribution < 1.29 is 0 Å². The highest BCUT2D eigenvalue weighted by Gasteiger charge is 2.56. The number of imidazole rings is 2. The van der Waals surface area contributed by atoms with Crippen LogP contribution in [0.25, 0.3) is 5.78 Å². The Kier molecular flexibility index (Phi) is 5.40. The highest BCUT2D eigenvalue weighted by atomic mass is 35.5. The maximum absolute atomic E-state index is 4.74. The normalized spacial score (nSPS) is 20.6. The van der Waals surface area contributed by atoms with Crippen molar-refractivity contribution in [1.82, 2.24) is 34.1 Å². The van der Waals surface area contributed by atoms with Crippen LogP contribution in [0.4, 0.5) is 0 Å². The maximum atomic E-state index is 4.74. The number of nitrogens with one attached hydrogen (secondary N) is 1. The van der Waals surface area contributed by atoms with Crippen LogP contribution >= 0.6 is 12.4 Å². The van der Waals surface area contributed by atoms with Gasteiger partial charge in [0.05, 0.1) is 12.2 Å². The highest BCUT2D eigenvalue weighted by molar-refractivity contribution is 5.85. The van der Waals surface area contributed by atoms with Crippen molar-refractivity contribution in [3.63, 3.8) is 0 Å². The number of rotatable bonds is 6. The molecule has 2 aliphatic rings. The molecule has 1 aliphatic heterocycles. The first-order valence-corrected chi connectivity index (χ1v) is 10.0. The lowest BCUT2D eigenvalue weighted by atomic mass is 9.93. The summed E-state index contributed by atoms with van der Waals surface area (Å²) in [5.74, 6) is 1.92. The summed E-state index contributed by atoms with van der Waals surface area (Å²) < 4.78 is 4.25. The first kappa shape index (κ1) is 19.4. The van der Waals surface area contributed by atoms with Gasteiger partial charge < -0.3 is 9.88 Å². The van der Waals surface area contributed by atoms with E-state index in [4.69, 9.17) is 4.98 Å². The van der Waals surface area contributed by atoms with Gasteiger partial charge in [-0.2, -0.15) is 0 Å². The van der Waals surface area contributed by atoms with E-state index in [-0.39, 0.29) is 12.4 Å². The Morgan fingerprint density at radius 1 is 1.18 bits per heavy atom. The fraction of sp³-hybridized carbons (Fsp3) is 0.550. The summed E-state index contributed by atoms with van der Waals surface area (Å²) in [6, 6.07) is 2.57. The number of aryl methyl sites for hydroxylation is 1. The second kappa shape index (κ2) is 7.81. The molecule has 1 spiro atoms. The van der Waals surface area contributed by atoms with E-state index < -0.39 is 0 Å². The summed E-state index contributed by atoms with van der Waals surface area (Å²) in [4.78, 5) is 16.3. The predicted octanol–water partition coefficient (Wildman–Crippen LogP) is 2.51. The monoisotopic (exact) mass is 401 g/mol. The molecular formula is C20H28ClN7. The fourth-order valence-corrected chi connectivity index (χ4v) is 4.71. The van der Waals surface area contributed by atoms with Gasteiger partial charge in [0.2, 0.25) is 5.78 Å². The standard InChI is InChI=1S/C20H27N7.ClH/c1-2-25-11-9-22-18(25)15-27(17-12-20(17)4-7-21-8-5-20)14-16-13-26-10-3-6-23-19(26)24-16;/h3,6,9-11,13,17,21H,2,4-5,7-8,12,14-15H2,1H3;1H. The second-order valence-electron chi connectivity index (χ2n) is 7.93. The zero-order chi connectivity index (χ0) is 18.3. The molecule has 28 heavy (non-hydrogen) atoms. The molecule has 3 aromatic rings. The van der Waals surface area contributed by atoms with Crippen LogP contribution < -0.4 is 5.32 Å². The Labute approximate surface area is 171 Å². The average molecular weight is 402 g/mol. The fourth-order valence-electron chi connectivity index (χ4n) is 4.71. The largest absolute Gasteiger partial charge is 0.334 e. The lowest BCUT2D eigenvalue weighted by molar-refractivity contribution is 0.180. The zero-order valence-corrected chi connectivity index (χ0v) is 17.1. The van der Waals surface area contributed by atoms with E-state index in [0.29, 0.717) is 11.5 Å². The summed E-state index contributed by atoms with van der Waals surface area (Å²) in [6.45, 7) is 7.15. The Hall–Kier alpha value is -1.96. The van der Waals surface area contributed by atoms with Crippen molar-refractivity contribution in [2.24, 2.45) is 5.41 Å². The van der Waals surface area contributed by atoms with Crippen molar-refractivity contribution >= 4 is 18.2 Å². The van der Waals surface area contributed by atoms with E-state index in [1.54, 1.807) is 6.20 Å². The van der Waals surface area contributed by atoms with E-state index in [0.717, 1.165) is 50.0 Å². The Balaban J connectivity index is 0.00000192. The van der Waals surface area contributed by atoms with Crippen molar-refractivity contribution in [2.45, 2.75) is 51.9 Å². The van der Waals surface area contributed by atoms with E-state index in [2.05, 4.69) is 44.1 Å². The number of piperidine rings is 1. The van der Waals surface area contributed by atoms with Crippen LogP contribution in [-0.4, -0.2) is 48.0 Å². The summed E-state index contributed by atoms with van der Waals surface area (Å²) in [6.07, 6.45) is 13.8. The molecular weight excluding hydrogens is 374 g/mol. The van der Waals surface area contributed by atoms with Gasteiger partial charge in [-0.25, -0.2) is 15.0 Å². The third kappa shape index (κ3) is 3.54. The van der Waals surface area contributed by atoms with Gasteiger partial charge in [0.15, 0.2) is 0 Å². The molecule has 1 atom stereocenters. The smallest absolute Gasteiger partial charge is 0.233 e. The topological polar surface area (TPSA) is 63.3 Å². The van der Waals surface area contributed by atoms with Gasteiger partial charge in [0, 0.05) is 50.1 Å². The van der Waals surface area contributed by atoms with Crippen molar-refractivity contribution in [3.8, 4) is 0 Å². The van der Waals surface area contributed by atoms with E-state index in [1.807, 2.05) is 22.9 Å². The second-order valence-corrected chi connectivity index (χ2v) is 7.93. The van der Waals surface area contributed by atoms with Crippen molar-refractivity contribution in [3.05, 3.63) is 48.6 Å². The zero-order valence-electron chi connectivity index (χ0n) is 16.3. The number of aromatic nitrogens is 5. The molecule has 5 rings (SSSR count). The molecule has 8 heteroatoms. The van der Waals surface area contributed by atoms with Gasteiger partial charge in [-0.15, -0.1) is 12.4 Å². The number of hydrogen-bond donors (Lipinski definition) is 1. The van der Waals surface area contributed by atoms with E-state index in [1.165, 1.54) is 19.3 Å². The predicted molar refractivity (Wildman–Crippen MR) is 110 cm³/mol. The molecule has 4 heterocycles. The minimum Gasteiger partial charge on any atom is -0.334 e. The lowest BCUT2D eigenvalue weighted by Crippen LogP contribution is -2.36. The molecule has 0 amide bonds. The summed E-state index contributed by atoms with van der Waals surface area (Å²) >= 11 is 0. The number of nitrogens with zero attached hydrogens (tertiary/aromatic N) is 6. The first-order chi connectivity index (χ1) is 13.3. The summed E-state index contributed by atoms with van der Waals surface area (Å²) in [5, 5.41) is 3.51. The SMILES string of the molecule is CCn1ccnc1CN(Cc1cn2cccnc2n1)C1CC12CCNCC2.Cl. The van der Waals surface area contributed by atoms with E-state index in [9.17, 15) is 0 Å². The Morgan fingerprint density at radius 2 is 2.04 bits per heavy atom. The van der Waals surface area contributed by atoms with Gasteiger partial charge in [-0.05, 0) is 50.8 Å². The number of hydrogen-bond acceptors (Lipinski definition) is 5. The Bertz CT molecular complexity index is 894. The third-order valence-corrected chi connectivity index (χ3v) is 6.32. The van der Waals surface area contributed by atoms with Crippen LogP contribution in [0.1, 0.15) is 37.7 Å². The van der Waals surface area contributed by atoms with Crippen LogP contribution in [-0.2, 0) is 19.6 Å². The van der Waals surface area contributed by atoms with Gasteiger partial charge in [0.1, 0.15) is 5.82 Å². The average Bonchev–Trinajstić information content (AvgIpc) is 3.05. The number of halogens is 1. The van der Waals surface area contributed by atoms with Crippen LogP contribution in [0.2, 0.25) is 0 Å². The molecule has 150 valence electrons. The molecule has 1 aliphatic carbocycles. The lowest BCUT2D eigenvalue weighted by Gasteiger charge is -2.29. The number of fused-ring (bicyclic) bond motifs is 1. The molecule has 1 N–H and O–H groups in total. The molecule has 0 aromatic carbocycles. The molecule has 7 nitrogen and oxygen atoms in total. The summed E-state index contributed by atoms with van der Waals surface area (Å²) in [7, 11) is 0. The molecule has 2 fully saturated rings. The highest BCUT2D eigenvalue weighted by Crippen LogP contribution is 2.56. The van der Waals surface area contributed by atoms with Gasteiger partial charge >= 0.3 is 0 Å². The maximum Gasteiger partial charge on any atom is 0.233 e. The van der Waals surface area contributed by atoms with Crippen molar-refractivity contribution in [2.75, 3.05) is 13.1 Å². The van der Waals surface area contributed by atoms with Crippen molar-refractivity contribution in [1.29, 1.82) is 0 Å². The molecule has 0 radical (unpaired) electrons. The van der Waals surface area contributed by atoms with Gasteiger partial charge in [0.25, 0.3) is 0 Å². The van der Waals surface area contributed by atoms with Gasteiger partial charge in [-0.1, -0.05) is 0 Å². The van der Waals surface area contributed by atoms with Crippen LogP contribution in [0.3, 0.4) is 0 Å². The molecule has 1 saturated carbocycles. The molecule has 3 aromatic heterocycles. The van der Waals surface area contributed by atoms with Crippen LogP contribution in [0.5, 0.6) is 0 Å². The molecule has 0 bridgehead atoms. The quantitative estimate of drug-likeness (QED) is 0.687. The van der Waals surface area contributed by atoms with Gasteiger partial charge in [-0.3, -0.25) is 9.30 Å². The minimum atomic E-state index is 0. The van der Waals surface area contributed by atoms with E-state index >= 15 is 0 Å². The first-order valence-electron chi connectivity index (χ1n) is 10.0. The molecule has 1 saturated heterocycles. The third-order valence-electron chi connectivity index (χ3n) is 6.32. The minimum absolute atomic E-state index is 0. The molecule has 1 unspecified atom stereocenters. The van der Waals surface area contributed by atoms with Crippen LogP contribution in [0, 0.1) is 5.41 Å². The summed E-state index contributed by atoms with van der Waals surface area (Å²) in [5.41, 5.74) is 1.58. The van der Waals surface area contributed by atoms with Crippen LogP contribution in [0.15, 0.2) is 37.1 Å².